The lowest BCUT2D eigenvalue weighted by Gasteiger charge is -2.28. The molecule has 5 heteroatoms. The smallest absolute Gasteiger partial charge is 0.314 e. The van der Waals surface area contributed by atoms with Crippen LogP contribution in [0.15, 0.2) is 42.5 Å². The molecule has 0 aromatic heterocycles. The van der Waals surface area contributed by atoms with Gasteiger partial charge in [-0.1, -0.05) is 36.4 Å². The van der Waals surface area contributed by atoms with Crippen molar-refractivity contribution in [2.45, 2.75) is 19.8 Å². The molecule has 1 saturated heterocycles. The molecule has 1 unspecified atom stereocenters. The van der Waals surface area contributed by atoms with Crippen LogP contribution < -0.4 is 10.2 Å². The van der Waals surface area contributed by atoms with E-state index in [9.17, 15) is 9.59 Å². The van der Waals surface area contributed by atoms with Gasteiger partial charge in [0.15, 0.2) is 6.54 Å². The van der Waals surface area contributed by atoms with E-state index in [2.05, 4.69) is 5.32 Å². The second-order valence-corrected chi connectivity index (χ2v) is 6.55. The van der Waals surface area contributed by atoms with Gasteiger partial charge in [0.05, 0.1) is 19.7 Å². The molecule has 0 spiro atoms. The van der Waals surface area contributed by atoms with Gasteiger partial charge in [0, 0.05) is 11.1 Å². The average molecular weight is 341 g/mol. The van der Waals surface area contributed by atoms with Gasteiger partial charge in [-0.3, -0.25) is 9.59 Å². The summed E-state index contributed by atoms with van der Waals surface area (Å²) in [6.07, 6.45) is 1.80. The van der Waals surface area contributed by atoms with Crippen LogP contribution in [0.2, 0.25) is 0 Å². The van der Waals surface area contributed by atoms with Crippen molar-refractivity contribution in [2.24, 2.45) is 5.92 Å². The van der Waals surface area contributed by atoms with Crippen LogP contribution in [0.3, 0.4) is 0 Å². The lowest BCUT2D eigenvalue weighted by atomic mass is 9.98. The molecular formula is C20H25N2O3+. The van der Waals surface area contributed by atoms with Crippen LogP contribution in [0, 0.1) is 5.92 Å². The van der Waals surface area contributed by atoms with E-state index >= 15 is 0 Å². The van der Waals surface area contributed by atoms with Gasteiger partial charge in [-0.25, -0.2) is 0 Å². The van der Waals surface area contributed by atoms with Crippen molar-refractivity contribution in [3.63, 3.8) is 0 Å². The second-order valence-electron chi connectivity index (χ2n) is 6.55. The number of ether oxygens (including phenoxy) is 1. The molecule has 1 aliphatic rings. The Labute approximate surface area is 148 Å². The summed E-state index contributed by atoms with van der Waals surface area (Å²) in [6, 6.07) is 13.9. The maximum atomic E-state index is 12.5. The molecule has 0 aliphatic carbocycles. The molecule has 0 saturated carbocycles. The minimum atomic E-state index is -0.130. The highest BCUT2D eigenvalue weighted by Gasteiger charge is 2.30. The van der Waals surface area contributed by atoms with Crippen LogP contribution >= 0.6 is 0 Å². The highest BCUT2D eigenvalue weighted by atomic mass is 16.5. The number of anilines is 1. The third-order valence-corrected chi connectivity index (χ3v) is 4.71. The molecule has 3 rings (SSSR count). The molecule has 1 amide bonds. The van der Waals surface area contributed by atoms with Crippen LogP contribution in [-0.4, -0.2) is 38.1 Å². The monoisotopic (exact) mass is 341 g/mol. The summed E-state index contributed by atoms with van der Waals surface area (Å²) in [5.41, 5.74) is 0.835. The molecule has 5 nitrogen and oxygen atoms in total. The molecule has 2 aromatic rings. The molecule has 25 heavy (non-hydrogen) atoms. The predicted molar refractivity (Wildman–Crippen MR) is 97.5 cm³/mol. The summed E-state index contributed by atoms with van der Waals surface area (Å²) >= 11 is 0. The molecule has 2 aromatic carbocycles. The van der Waals surface area contributed by atoms with Gasteiger partial charge in [0.2, 0.25) is 0 Å². The van der Waals surface area contributed by atoms with Gasteiger partial charge in [-0.05, 0) is 31.2 Å². The second kappa shape index (κ2) is 8.12. The normalized spacial score (nSPS) is 20.2. The standard InChI is InChI=1S/C20H24N2O3/c1-2-25-20(24)16-9-6-12-22(13-16)14-19(23)21-18-11-5-8-15-7-3-4-10-17(15)18/h3-5,7-8,10-11,16H,2,6,9,12-14H2,1H3,(H,21,23)/p+1/t16-/m0/s1. The molecule has 0 radical (unpaired) electrons. The average Bonchev–Trinajstić information content (AvgIpc) is 2.62. The Hall–Kier alpha value is -2.40. The van der Waals surface area contributed by atoms with Gasteiger partial charge in [-0.15, -0.1) is 0 Å². The molecule has 132 valence electrons. The number of nitrogens with one attached hydrogen (secondary N) is 2. The number of hydrogen-bond acceptors (Lipinski definition) is 3. The number of esters is 1. The van der Waals surface area contributed by atoms with E-state index < -0.39 is 0 Å². The van der Waals surface area contributed by atoms with Gasteiger partial charge >= 0.3 is 5.97 Å². The Morgan fingerprint density at radius 1 is 1.20 bits per heavy atom. The number of rotatable bonds is 5. The number of hydrogen-bond donors (Lipinski definition) is 2. The Balaban J connectivity index is 1.61. The number of quaternary nitrogens is 1. The van der Waals surface area contributed by atoms with Crippen molar-refractivity contribution in [3.8, 4) is 0 Å². The van der Waals surface area contributed by atoms with Crippen LogP contribution in [0.4, 0.5) is 5.69 Å². The van der Waals surface area contributed by atoms with Crippen molar-refractivity contribution in [1.82, 2.24) is 0 Å². The third-order valence-electron chi connectivity index (χ3n) is 4.71. The first kappa shape index (κ1) is 17.4. The van der Waals surface area contributed by atoms with Crippen LogP contribution in [-0.2, 0) is 14.3 Å². The van der Waals surface area contributed by atoms with E-state index in [1.165, 1.54) is 0 Å². The lowest BCUT2D eigenvalue weighted by Crippen LogP contribution is -3.14. The first-order valence-corrected chi connectivity index (χ1v) is 8.95. The summed E-state index contributed by atoms with van der Waals surface area (Å²) in [5.74, 6) is -0.237. The number of fused-ring (bicyclic) bond motifs is 1. The number of benzene rings is 2. The number of carbonyl (C=O) groups is 2. The minimum Gasteiger partial charge on any atom is -0.466 e. The van der Waals surface area contributed by atoms with Gasteiger partial charge in [-0.2, -0.15) is 0 Å². The quantitative estimate of drug-likeness (QED) is 0.813. The van der Waals surface area contributed by atoms with Crippen molar-refractivity contribution >= 4 is 28.3 Å². The molecule has 0 bridgehead atoms. The Morgan fingerprint density at radius 3 is 2.84 bits per heavy atom. The van der Waals surface area contributed by atoms with Gasteiger partial charge in [0.25, 0.3) is 5.91 Å². The lowest BCUT2D eigenvalue weighted by molar-refractivity contribution is -0.899. The van der Waals surface area contributed by atoms with E-state index in [0.29, 0.717) is 19.7 Å². The molecule has 1 fully saturated rings. The Kier molecular flexibility index (Phi) is 5.66. The number of amides is 1. The zero-order valence-electron chi connectivity index (χ0n) is 14.6. The maximum absolute atomic E-state index is 12.5. The fraction of sp³-hybridized carbons (Fsp3) is 0.400. The minimum absolute atomic E-state index is 0.0177. The first-order valence-electron chi connectivity index (χ1n) is 8.95. The van der Waals surface area contributed by atoms with E-state index in [1.807, 2.05) is 49.4 Å². The zero-order chi connectivity index (χ0) is 17.6. The summed E-state index contributed by atoms with van der Waals surface area (Å²) < 4.78 is 5.13. The van der Waals surface area contributed by atoms with Crippen molar-refractivity contribution in [3.05, 3.63) is 42.5 Å². The van der Waals surface area contributed by atoms with E-state index in [0.717, 1.165) is 40.7 Å². The summed E-state index contributed by atoms with van der Waals surface area (Å²) in [5, 5.41) is 5.17. The molecule has 2 atom stereocenters. The highest BCUT2D eigenvalue weighted by molar-refractivity contribution is 6.02. The first-order chi connectivity index (χ1) is 12.2. The van der Waals surface area contributed by atoms with E-state index in [1.54, 1.807) is 0 Å². The van der Waals surface area contributed by atoms with E-state index in [4.69, 9.17) is 4.74 Å². The van der Waals surface area contributed by atoms with Crippen molar-refractivity contribution in [2.75, 3.05) is 31.6 Å². The predicted octanol–water partition coefficient (Wildman–Crippen LogP) is 1.64. The number of piperidine rings is 1. The topological polar surface area (TPSA) is 59.8 Å². The summed E-state index contributed by atoms with van der Waals surface area (Å²) in [7, 11) is 0. The zero-order valence-corrected chi connectivity index (χ0v) is 14.6. The van der Waals surface area contributed by atoms with Crippen molar-refractivity contribution < 1.29 is 19.2 Å². The Bertz CT molecular complexity index is 754. The van der Waals surface area contributed by atoms with Crippen LogP contribution in [0.5, 0.6) is 0 Å². The largest absolute Gasteiger partial charge is 0.466 e. The molecule has 1 aliphatic heterocycles. The number of carbonyl (C=O) groups excluding carboxylic acids is 2. The number of likely N-dealkylation sites (tertiary alicyclic amines) is 1. The van der Waals surface area contributed by atoms with Gasteiger partial charge < -0.3 is 15.0 Å². The van der Waals surface area contributed by atoms with E-state index in [-0.39, 0.29) is 17.8 Å². The molecule has 2 N–H and O–H groups in total. The SMILES string of the molecule is CCOC(=O)[C@H]1CCC[NH+](CC(=O)Nc2cccc3ccccc23)C1. The Morgan fingerprint density at radius 2 is 2.00 bits per heavy atom. The molecule has 1 heterocycles. The summed E-state index contributed by atoms with van der Waals surface area (Å²) in [4.78, 5) is 25.6. The summed E-state index contributed by atoms with van der Waals surface area (Å²) in [6.45, 7) is 4.19. The van der Waals surface area contributed by atoms with Gasteiger partial charge in [0.1, 0.15) is 5.92 Å². The highest BCUT2D eigenvalue weighted by Crippen LogP contribution is 2.22. The van der Waals surface area contributed by atoms with Crippen molar-refractivity contribution in [1.29, 1.82) is 0 Å². The fourth-order valence-corrected chi connectivity index (χ4v) is 3.53. The van der Waals surface area contributed by atoms with Crippen LogP contribution in [0.25, 0.3) is 10.8 Å². The molecular weight excluding hydrogens is 316 g/mol. The third kappa shape index (κ3) is 4.37. The van der Waals surface area contributed by atoms with Crippen LogP contribution in [0.1, 0.15) is 19.8 Å². The maximum Gasteiger partial charge on any atom is 0.314 e. The fourth-order valence-electron chi connectivity index (χ4n) is 3.53.